The van der Waals surface area contributed by atoms with Crippen molar-refractivity contribution in [3.05, 3.63) is 63.9 Å². The van der Waals surface area contributed by atoms with E-state index in [4.69, 9.17) is 34.7 Å². The SMILES string of the molecule is CC(C)(C)c1ccc(-c2nn(CN3CCCCC3C(N)=O)c(=S)n2-c2ccc(Cl)cc2)cc1. The van der Waals surface area contributed by atoms with Crippen molar-refractivity contribution in [3.63, 3.8) is 0 Å². The van der Waals surface area contributed by atoms with Crippen LogP contribution in [0.5, 0.6) is 0 Å². The summed E-state index contributed by atoms with van der Waals surface area (Å²) in [6.07, 6.45) is 2.79. The van der Waals surface area contributed by atoms with Crippen LogP contribution in [-0.4, -0.2) is 37.7 Å². The summed E-state index contributed by atoms with van der Waals surface area (Å²) in [4.78, 5) is 14.1. The number of benzene rings is 2. The first-order valence-electron chi connectivity index (χ1n) is 11.3. The number of rotatable bonds is 5. The molecule has 8 heteroatoms. The molecule has 2 aromatic carbocycles. The number of nitrogens with two attached hydrogens (primary N) is 1. The van der Waals surface area contributed by atoms with E-state index >= 15 is 0 Å². The van der Waals surface area contributed by atoms with Crippen LogP contribution in [0.25, 0.3) is 17.1 Å². The van der Waals surface area contributed by atoms with Gasteiger partial charge in [0.2, 0.25) is 10.7 Å². The van der Waals surface area contributed by atoms with Crippen LogP contribution in [0, 0.1) is 4.77 Å². The zero-order chi connectivity index (χ0) is 23.8. The molecule has 0 spiro atoms. The number of primary amides is 1. The Morgan fingerprint density at radius 2 is 1.79 bits per heavy atom. The molecule has 1 amide bonds. The van der Waals surface area contributed by atoms with E-state index in [1.807, 2.05) is 28.8 Å². The standard InChI is InChI=1S/C25H30ClN5OS/c1-25(2,3)18-9-7-17(8-10-18)23-28-30(16-29-15-5-4-6-21(29)22(27)32)24(33)31(23)20-13-11-19(26)12-14-20/h7-14,21H,4-6,15-16H2,1-3H3,(H2,27,32). The molecule has 0 bridgehead atoms. The maximum atomic E-state index is 12.0. The lowest BCUT2D eigenvalue weighted by Gasteiger charge is -2.33. The molecule has 1 saturated heterocycles. The second kappa shape index (κ2) is 9.41. The van der Waals surface area contributed by atoms with Gasteiger partial charge in [-0.1, -0.05) is 63.1 Å². The fraction of sp³-hybridized carbons (Fsp3) is 0.400. The van der Waals surface area contributed by atoms with Crippen LogP contribution in [0.15, 0.2) is 48.5 Å². The fourth-order valence-electron chi connectivity index (χ4n) is 4.28. The number of carbonyl (C=O) groups is 1. The van der Waals surface area contributed by atoms with Crippen molar-refractivity contribution in [3.8, 4) is 17.1 Å². The van der Waals surface area contributed by atoms with Crippen LogP contribution < -0.4 is 5.73 Å². The molecule has 1 aliphatic rings. The summed E-state index contributed by atoms with van der Waals surface area (Å²) < 4.78 is 4.31. The van der Waals surface area contributed by atoms with E-state index in [0.29, 0.717) is 16.5 Å². The van der Waals surface area contributed by atoms with Gasteiger partial charge in [0, 0.05) is 17.1 Å². The Balaban J connectivity index is 1.79. The minimum atomic E-state index is -0.296. The van der Waals surface area contributed by atoms with Gasteiger partial charge in [-0.25, -0.2) is 4.68 Å². The normalized spacial score (nSPS) is 17.3. The Labute approximate surface area is 205 Å². The third-order valence-corrected chi connectivity index (χ3v) is 6.84. The average molecular weight is 484 g/mol. The van der Waals surface area contributed by atoms with Gasteiger partial charge in [0.25, 0.3) is 0 Å². The molecule has 4 rings (SSSR count). The fourth-order valence-corrected chi connectivity index (χ4v) is 4.70. The first-order valence-corrected chi connectivity index (χ1v) is 12.0. The van der Waals surface area contributed by atoms with Crippen LogP contribution in [0.1, 0.15) is 45.6 Å². The number of hydrogen-bond donors (Lipinski definition) is 1. The zero-order valence-corrected chi connectivity index (χ0v) is 20.9. The molecule has 2 N–H and O–H groups in total. The van der Waals surface area contributed by atoms with E-state index in [-0.39, 0.29) is 17.4 Å². The summed E-state index contributed by atoms with van der Waals surface area (Å²) in [5.74, 6) is 0.451. The molecular formula is C25H30ClN5OS. The van der Waals surface area contributed by atoms with Gasteiger partial charge in [-0.15, -0.1) is 5.10 Å². The van der Waals surface area contributed by atoms with Crippen LogP contribution >= 0.6 is 23.8 Å². The molecule has 0 saturated carbocycles. The minimum absolute atomic E-state index is 0.0608. The lowest BCUT2D eigenvalue weighted by Crippen LogP contribution is -2.48. The van der Waals surface area contributed by atoms with Crippen molar-refractivity contribution in [1.29, 1.82) is 0 Å². The van der Waals surface area contributed by atoms with Crippen LogP contribution in [0.2, 0.25) is 5.02 Å². The van der Waals surface area contributed by atoms with Crippen LogP contribution in [0.3, 0.4) is 0 Å². The monoisotopic (exact) mass is 483 g/mol. The molecule has 33 heavy (non-hydrogen) atoms. The van der Waals surface area contributed by atoms with Crippen molar-refractivity contribution in [2.24, 2.45) is 5.73 Å². The van der Waals surface area contributed by atoms with Gasteiger partial charge in [-0.2, -0.15) is 0 Å². The Morgan fingerprint density at radius 1 is 1.12 bits per heavy atom. The van der Waals surface area contributed by atoms with Crippen molar-refractivity contribution in [1.82, 2.24) is 19.2 Å². The quantitative estimate of drug-likeness (QED) is 0.499. The summed E-state index contributed by atoms with van der Waals surface area (Å²) in [5, 5.41) is 5.57. The van der Waals surface area contributed by atoms with Gasteiger partial charge in [0.15, 0.2) is 5.82 Å². The van der Waals surface area contributed by atoms with Gasteiger partial charge in [0.05, 0.1) is 18.4 Å². The van der Waals surface area contributed by atoms with Gasteiger partial charge in [-0.3, -0.25) is 14.3 Å². The Kier molecular flexibility index (Phi) is 6.75. The first-order chi connectivity index (χ1) is 15.6. The summed E-state index contributed by atoms with van der Waals surface area (Å²) in [6.45, 7) is 7.79. The number of hydrogen-bond acceptors (Lipinski definition) is 4. The Morgan fingerprint density at radius 3 is 2.39 bits per heavy atom. The Hall–Kier alpha value is -2.48. The molecule has 1 fully saturated rings. The van der Waals surface area contributed by atoms with Gasteiger partial charge >= 0.3 is 0 Å². The number of piperidine rings is 1. The van der Waals surface area contributed by atoms with E-state index in [1.165, 1.54) is 5.56 Å². The first kappa shape index (κ1) is 23.7. The van der Waals surface area contributed by atoms with E-state index in [1.54, 1.807) is 4.68 Å². The van der Waals surface area contributed by atoms with Crippen molar-refractivity contribution in [2.75, 3.05) is 6.54 Å². The van der Waals surface area contributed by atoms with E-state index in [9.17, 15) is 4.79 Å². The predicted molar refractivity (Wildman–Crippen MR) is 135 cm³/mol. The van der Waals surface area contributed by atoms with Crippen molar-refractivity contribution < 1.29 is 4.79 Å². The van der Waals surface area contributed by atoms with E-state index in [2.05, 4.69) is 49.9 Å². The largest absolute Gasteiger partial charge is 0.368 e. The molecule has 0 radical (unpaired) electrons. The molecule has 0 aliphatic carbocycles. The predicted octanol–water partition coefficient (Wildman–Crippen LogP) is 5.32. The number of halogens is 1. The molecule has 6 nitrogen and oxygen atoms in total. The summed E-state index contributed by atoms with van der Waals surface area (Å²) in [6, 6.07) is 15.7. The molecular weight excluding hydrogens is 454 g/mol. The molecule has 174 valence electrons. The highest BCUT2D eigenvalue weighted by molar-refractivity contribution is 7.71. The Bertz CT molecular complexity index is 1190. The third kappa shape index (κ3) is 5.05. The minimum Gasteiger partial charge on any atom is -0.368 e. The average Bonchev–Trinajstić information content (AvgIpc) is 3.10. The molecule has 3 aromatic rings. The van der Waals surface area contributed by atoms with Crippen LogP contribution in [-0.2, 0) is 16.9 Å². The van der Waals surface area contributed by atoms with Gasteiger partial charge in [0.1, 0.15) is 0 Å². The van der Waals surface area contributed by atoms with Crippen molar-refractivity contribution >= 4 is 29.7 Å². The topological polar surface area (TPSA) is 69.1 Å². The highest BCUT2D eigenvalue weighted by Gasteiger charge is 2.28. The lowest BCUT2D eigenvalue weighted by atomic mass is 9.87. The number of carbonyl (C=O) groups excluding carboxylic acids is 1. The highest BCUT2D eigenvalue weighted by atomic mass is 35.5. The maximum absolute atomic E-state index is 12.0. The number of likely N-dealkylation sites (tertiary alicyclic amines) is 1. The molecule has 1 atom stereocenters. The van der Waals surface area contributed by atoms with Gasteiger partial charge < -0.3 is 5.73 Å². The second-order valence-corrected chi connectivity index (χ2v) is 10.4. The van der Waals surface area contributed by atoms with E-state index < -0.39 is 0 Å². The summed E-state index contributed by atoms with van der Waals surface area (Å²) in [5.41, 5.74) is 8.84. The molecule has 1 aliphatic heterocycles. The van der Waals surface area contributed by atoms with E-state index in [0.717, 1.165) is 42.9 Å². The zero-order valence-electron chi connectivity index (χ0n) is 19.3. The van der Waals surface area contributed by atoms with Crippen molar-refractivity contribution in [2.45, 2.75) is 58.2 Å². The van der Waals surface area contributed by atoms with Crippen LogP contribution in [0.4, 0.5) is 0 Å². The number of amides is 1. The second-order valence-electron chi connectivity index (χ2n) is 9.61. The third-order valence-electron chi connectivity index (χ3n) is 6.19. The van der Waals surface area contributed by atoms with Gasteiger partial charge in [-0.05, 0) is 60.3 Å². The number of nitrogens with zero attached hydrogens (tertiary/aromatic N) is 4. The smallest absolute Gasteiger partial charge is 0.234 e. The number of aromatic nitrogens is 3. The summed E-state index contributed by atoms with van der Waals surface area (Å²) in [7, 11) is 0. The molecule has 1 aromatic heterocycles. The highest BCUT2D eigenvalue weighted by Crippen LogP contribution is 2.28. The molecule has 1 unspecified atom stereocenters. The molecule has 2 heterocycles. The lowest BCUT2D eigenvalue weighted by molar-refractivity contribution is -0.125. The summed E-state index contributed by atoms with van der Waals surface area (Å²) >= 11 is 12.0. The maximum Gasteiger partial charge on any atom is 0.234 e.